The molecule has 0 saturated carbocycles. The summed E-state index contributed by atoms with van der Waals surface area (Å²) >= 11 is 0. The molecule has 0 aromatic heterocycles. The van der Waals surface area contributed by atoms with E-state index in [1.54, 1.807) is 21.1 Å². The highest BCUT2D eigenvalue weighted by Gasteiger charge is 2.30. The SMILES string of the molecule is CCCCCC1c2cc(OC)c(OC)cc2CCN1C(C)=O. The van der Waals surface area contributed by atoms with E-state index in [4.69, 9.17) is 9.47 Å². The van der Waals surface area contributed by atoms with Gasteiger partial charge in [0, 0.05) is 13.5 Å². The molecule has 22 heavy (non-hydrogen) atoms. The van der Waals surface area contributed by atoms with Crippen molar-refractivity contribution in [3.8, 4) is 11.5 Å². The Morgan fingerprint density at radius 3 is 2.50 bits per heavy atom. The Kier molecular flexibility index (Phi) is 5.69. The highest BCUT2D eigenvalue weighted by molar-refractivity contribution is 5.74. The normalized spacial score (nSPS) is 17.1. The van der Waals surface area contributed by atoms with E-state index in [-0.39, 0.29) is 11.9 Å². The van der Waals surface area contributed by atoms with Crippen molar-refractivity contribution in [1.82, 2.24) is 4.90 Å². The Balaban J connectivity index is 2.37. The number of hydrogen-bond donors (Lipinski definition) is 0. The fourth-order valence-electron chi connectivity index (χ4n) is 3.30. The Labute approximate surface area is 133 Å². The predicted molar refractivity (Wildman–Crippen MR) is 87.5 cm³/mol. The van der Waals surface area contributed by atoms with Crippen molar-refractivity contribution >= 4 is 5.91 Å². The second-order valence-electron chi connectivity index (χ2n) is 5.88. The first kappa shape index (κ1) is 16.7. The van der Waals surface area contributed by atoms with Gasteiger partial charge >= 0.3 is 0 Å². The third-order valence-electron chi connectivity index (χ3n) is 4.49. The van der Waals surface area contributed by atoms with Crippen LogP contribution in [0.5, 0.6) is 11.5 Å². The van der Waals surface area contributed by atoms with Crippen LogP contribution in [0.2, 0.25) is 0 Å². The van der Waals surface area contributed by atoms with Crippen molar-refractivity contribution < 1.29 is 14.3 Å². The Morgan fingerprint density at radius 1 is 1.23 bits per heavy atom. The molecule has 1 heterocycles. The van der Waals surface area contributed by atoms with Gasteiger partial charge in [-0.2, -0.15) is 0 Å². The number of carbonyl (C=O) groups excluding carboxylic acids is 1. The van der Waals surface area contributed by atoms with E-state index in [9.17, 15) is 4.79 Å². The van der Waals surface area contributed by atoms with Gasteiger partial charge in [-0.1, -0.05) is 26.2 Å². The fraction of sp³-hybridized carbons (Fsp3) is 0.611. The number of ether oxygens (including phenoxy) is 2. The van der Waals surface area contributed by atoms with E-state index < -0.39 is 0 Å². The van der Waals surface area contributed by atoms with Crippen LogP contribution in [-0.2, 0) is 11.2 Å². The molecular weight excluding hydrogens is 278 g/mol. The fourth-order valence-corrected chi connectivity index (χ4v) is 3.30. The zero-order chi connectivity index (χ0) is 16.1. The molecule has 4 nitrogen and oxygen atoms in total. The van der Waals surface area contributed by atoms with Crippen molar-refractivity contribution in [2.24, 2.45) is 0 Å². The van der Waals surface area contributed by atoms with Gasteiger partial charge in [-0.15, -0.1) is 0 Å². The molecule has 0 aliphatic carbocycles. The van der Waals surface area contributed by atoms with Crippen LogP contribution >= 0.6 is 0 Å². The number of rotatable bonds is 6. The lowest BCUT2D eigenvalue weighted by Crippen LogP contribution is -2.38. The van der Waals surface area contributed by atoms with Gasteiger partial charge in [-0.05, 0) is 36.1 Å². The topological polar surface area (TPSA) is 38.8 Å². The number of nitrogens with zero attached hydrogens (tertiary/aromatic N) is 1. The van der Waals surface area contributed by atoms with Crippen molar-refractivity contribution in [1.29, 1.82) is 0 Å². The monoisotopic (exact) mass is 305 g/mol. The Morgan fingerprint density at radius 2 is 1.91 bits per heavy atom. The molecule has 122 valence electrons. The molecule has 0 fully saturated rings. The summed E-state index contributed by atoms with van der Waals surface area (Å²) < 4.78 is 10.8. The molecule has 1 unspecified atom stereocenters. The standard InChI is InChI=1S/C18H27NO3/c1-5-6-7-8-16-15-12-18(22-4)17(21-3)11-14(15)9-10-19(16)13(2)20/h11-12,16H,5-10H2,1-4H3. The quantitative estimate of drug-likeness (QED) is 0.752. The maximum Gasteiger partial charge on any atom is 0.219 e. The molecular formula is C18H27NO3. The average Bonchev–Trinajstić information content (AvgIpc) is 2.53. The summed E-state index contributed by atoms with van der Waals surface area (Å²) in [5.74, 6) is 1.67. The molecule has 0 N–H and O–H groups in total. The smallest absolute Gasteiger partial charge is 0.219 e. The molecule has 1 aromatic carbocycles. The number of unbranched alkanes of at least 4 members (excludes halogenated alkanes) is 2. The summed E-state index contributed by atoms with van der Waals surface area (Å²) in [6.45, 7) is 4.65. The largest absolute Gasteiger partial charge is 0.493 e. The Bertz CT molecular complexity index is 527. The molecule has 2 rings (SSSR count). The van der Waals surface area contributed by atoms with Crippen LogP contribution in [0.25, 0.3) is 0 Å². The predicted octanol–water partition coefficient (Wildman–Crippen LogP) is 3.73. The zero-order valence-corrected chi connectivity index (χ0v) is 14.1. The lowest BCUT2D eigenvalue weighted by Gasteiger charge is -2.37. The molecule has 0 spiro atoms. The van der Waals surface area contributed by atoms with Crippen molar-refractivity contribution in [3.63, 3.8) is 0 Å². The minimum Gasteiger partial charge on any atom is -0.493 e. The number of carbonyl (C=O) groups is 1. The van der Waals surface area contributed by atoms with Gasteiger partial charge < -0.3 is 14.4 Å². The highest BCUT2D eigenvalue weighted by Crippen LogP contribution is 2.40. The van der Waals surface area contributed by atoms with Crippen LogP contribution in [0.1, 0.15) is 56.7 Å². The van der Waals surface area contributed by atoms with E-state index in [2.05, 4.69) is 19.1 Å². The third kappa shape index (κ3) is 3.37. The van der Waals surface area contributed by atoms with Crippen LogP contribution in [0.4, 0.5) is 0 Å². The van der Waals surface area contributed by atoms with E-state index in [1.165, 1.54) is 24.0 Å². The molecule has 4 heteroatoms. The molecule has 0 bridgehead atoms. The van der Waals surface area contributed by atoms with Crippen LogP contribution in [0.3, 0.4) is 0 Å². The number of amides is 1. The van der Waals surface area contributed by atoms with Gasteiger partial charge in [-0.25, -0.2) is 0 Å². The van der Waals surface area contributed by atoms with Gasteiger partial charge in [0.2, 0.25) is 5.91 Å². The summed E-state index contributed by atoms with van der Waals surface area (Å²) in [5, 5.41) is 0. The molecule has 0 radical (unpaired) electrons. The first-order chi connectivity index (χ1) is 10.6. The zero-order valence-electron chi connectivity index (χ0n) is 14.1. The minimum atomic E-state index is 0.155. The first-order valence-corrected chi connectivity index (χ1v) is 8.14. The third-order valence-corrected chi connectivity index (χ3v) is 4.49. The second-order valence-corrected chi connectivity index (χ2v) is 5.88. The molecule has 1 aliphatic rings. The van der Waals surface area contributed by atoms with Crippen molar-refractivity contribution in [2.45, 2.75) is 52.0 Å². The van der Waals surface area contributed by atoms with E-state index in [1.807, 2.05) is 4.90 Å². The molecule has 1 atom stereocenters. The maximum absolute atomic E-state index is 12.0. The second kappa shape index (κ2) is 7.52. The van der Waals surface area contributed by atoms with Crippen LogP contribution in [0, 0.1) is 0 Å². The van der Waals surface area contributed by atoms with Gasteiger partial charge in [0.1, 0.15) is 0 Å². The van der Waals surface area contributed by atoms with Crippen molar-refractivity contribution in [3.05, 3.63) is 23.3 Å². The maximum atomic E-state index is 12.0. The minimum absolute atomic E-state index is 0.155. The molecule has 0 saturated heterocycles. The van der Waals surface area contributed by atoms with Crippen LogP contribution in [-0.4, -0.2) is 31.6 Å². The molecule has 1 aromatic rings. The number of fused-ring (bicyclic) bond motifs is 1. The van der Waals surface area contributed by atoms with Gasteiger partial charge in [-0.3, -0.25) is 4.79 Å². The summed E-state index contributed by atoms with van der Waals surface area (Å²) in [5.41, 5.74) is 2.49. The van der Waals surface area contributed by atoms with Gasteiger partial charge in [0.15, 0.2) is 11.5 Å². The van der Waals surface area contributed by atoms with Crippen LogP contribution in [0.15, 0.2) is 12.1 Å². The lowest BCUT2D eigenvalue weighted by molar-refractivity contribution is -0.131. The summed E-state index contributed by atoms with van der Waals surface area (Å²) in [6, 6.07) is 4.28. The summed E-state index contributed by atoms with van der Waals surface area (Å²) in [6.07, 6.45) is 5.41. The number of benzene rings is 1. The van der Waals surface area contributed by atoms with Gasteiger partial charge in [0.05, 0.1) is 20.3 Å². The van der Waals surface area contributed by atoms with Crippen molar-refractivity contribution in [2.75, 3.05) is 20.8 Å². The van der Waals surface area contributed by atoms with E-state index in [0.29, 0.717) is 0 Å². The number of hydrogen-bond acceptors (Lipinski definition) is 3. The molecule has 1 aliphatic heterocycles. The average molecular weight is 305 g/mol. The lowest BCUT2D eigenvalue weighted by atomic mass is 9.88. The first-order valence-electron chi connectivity index (χ1n) is 8.14. The van der Waals surface area contributed by atoms with Crippen LogP contribution < -0.4 is 9.47 Å². The molecule has 1 amide bonds. The summed E-state index contributed by atoms with van der Waals surface area (Å²) in [4.78, 5) is 14.0. The Hall–Kier alpha value is -1.71. The van der Waals surface area contributed by atoms with E-state index >= 15 is 0 Å². The summed E-state index contributed by atoms with van der Waals surface area (Å²) in [7, 11) is 3.32. The van der Waals surface area contributed by atoms with E-state index in [0.717, 1.165) is 37.3 Å². The number of methoxy groups -OCH3 is 2. The van der Waals surface area contributed by atoms with Gasteiger partial charge in [0.25, 0.3) is 0 Å². The highest BCUT2D eigenvalue weighted by atomic mass is 16.5.